The van der Waals surface area contributed by atoms with Gasteiger partial charge in [-0.05, 0) is 29.7 Å². The fourth-order valence-electron chi connectivity index (χ4n) is 2.42. The third-order valence-corrected chi connectivity index (χ3v) is 3.38. The third-order valence-electron chi connectivity index (χ3n) is 3.38. The maximum Gasteiger partial charge on any atom is 0.391 e. The van der Waals surface area contributed by atoms with E-state index < -0.39 is 49.4 Å². The Balaban J connectivity index is 2.22. The molecule has 2 unspecified atom stereocenters. The standard InChI is InChI=1S/C9H10F6N4/c10-8(11,12)5-1-4(7-16-18-19-17-7)2-6(3-5)9(13,14)15/h4-6H,1-3H2,(H,16,17,18,19). The van der Waals surface area contributed by atoms with Crippen LogP contribution >= 0.6 is 0 Å². The lowest BCUT2D eigenvalue weighted by molar-refractivity contribution is -0.224. The Kier molecular flexibility index (Phi) is 3.43. The maximum absolute atomic E-state index is 12.7. The van der Waals surface area contributed by atoms with Gasteiger partial charge in [-0.1, -0.05) is 0 Å². The summed E-state index contributed by atoms with van der Waals surface area (Å²) in [6, 6.07) is 0. The van der Waals surface area contributed by atoms with Crippen molar-refractivity contribution in [3.8, 4) is 0 Å². The van der Waals surface area contributed by atoms with E-state index >= 15 is 0 Å². The first-order valence-electron chi connectivity index (χ1n) is 5.55. The minimum atomic E-state index is -4.64. The molecule has 1 heterocycles. The first-order chi connectivity index (χ1) is 8.68. The molecule has 0 spiro atoms. The molecule has 10 heteroatoms. The fourth-order valence-corrected chi connectivity index (χ4v) is 2.42. The molecule has 1 fully saturated rings. The molecule has 0 saturated heterocycles. The van der Waals surface area contributed by atoms with Gasteiger partial charge in [0, 0.05) is 5.92 Å². The summed E-state index contributed by atoms with van der Waals surface area (Å²) in [6.07, 6.45) is -11.1. The summed E-state index contributed by atoms with van der Waals surface area (Å²) < 4.78 is 76.1. The monoisotopic (exact) mass is 288 g/mol. The number of alkyl halides is 6. The highest BCUT2D eigenvalue weighted by Crippen LogP contribution is 2.49. The fraction of sp³-hybridized carbons (Fsp3) is 0.889. The normalized spacial score (nSPS) is 29.5. The van der Waals surface area contributed by atoms with Crippen LogP contribution in [0.15, 0.2) is 0 Å². The second-order valence-corrected chi connectivity index (χ2v) is 4.67. The summed E-state index contributed by atoms with van der Waals surface area (Å²) in [4.78, 5) is 0. The van der Waals surface area contributed by atoms with Crippen LogP contribution in [0, 0.1) is 11.8 Å². The van der Waals surface area contributed by atoms with Crippen molar-refractivity contribution in [3.05, 3.63) is 5.82 Å². The lowest BCUT2D eigenvalue weighted by atomic mass is 9.74. The van der Waals surface area contributed by atoms with Crippen LogP contribution in [0.4, 0.5) is 26.3 Å². The van der Waals surface area contributed by atoms with Gasteiger partial charge in [-0.15, -0.1) is 5.10 Å². The molecule has 108 valence electrons. The molecule has 0 aromatic carbocycles. The summed E-state index contributed by atoms with van der Waals surface area (Å²) in [7, 11) is 0. The Morgan fingerprint density at radius 2 is 1.42 bits per heavy atom. The number of rotatable bonds is 1. The van der Waals surface area contributed by atoms with Gasteiger partial charge in [0.25, 0.3) is 0 Å². The minimum absolute atomic E-state index is 0.0248. The number of hydrogen-bond donors (Lipinski definition) is 1. The zero-order valence-electron chi connectivity index (χ0n) is 9.46. The molecular formula is C9H10F6N4. The van der Waals surface area contributed by atoms with Crippen LogP contribution in [0.25, 0.3) is 0 Å². The summed E-state index contributed by atoms with van der Waals surface area (Å²) in [5.41, 5.74) is 0. The number of aromatic nitrogens is 4. The highest BCUT2D eigenvalue weighted by molar-refractivity contribution is 4.99. The molecule has 1 N–H and O–H groups in total. The molecule has 0 radical (unpaired) electrons. The summed E-state index contributed by atoms with van der Waals surface area (Å²) in [6.45, 7) is 0. The van der Waals surface area contributed by atoms with Crippen LogP contribution in [0.2, 0.25) is 0 Å². The first-order valence-corrected chi connectivity index (χ1v) is 5.55. The average Bonchev–Trinajstić information content (AvgIpc) is 2.79. The van der Waals surface area contributed by atoms with Gasteiger partial charge in [0.2, 0.25) is 0 Å². The lowest BCUT2D eigenvalue weighted by Crippen LogP contribution is -2.37. The molecule has 19 heavy (non-hydrogen) atoms. The van der Waals surface area contributed by atoms with E-state index in [-0.39, 0.29) is 5.82 Å². The number of hydrogen-bond acceptors (Lipinski definition) is 3. The van der Waals surface area contributed by atoms with Crippen LogP contribution in [0.5, 0.6) is 0 Å². The van der Waals surface area contributed by atoms with E-state index in [1.54, 1.807) is 0 Å². The first kappa shape index (κ1) is 14.1. The van der Waals surface area contributed by atoms with Gasteiger partial charge in [0.15, 0.2) is 5.82 Å². The lowest BCUT2D eigenvalue weighted by Gasteiger charge is -2.35. The molecule has 0 aliphatic heterocycles. The van der Waals surface area contributed by atoms with Gasteiger partial charge in [-0.25, -0.2) is 5.10 Å². The summed E-state index contributed by atoms with van der Waals surface area (Å²) >= 11 is 0. The van der Waals surface area contributed by atoms with Crippen molar-refractivity contribution < 1.29 is 26.3 Å². The van der Waals surface area contributed by atoms with Gasteiger partial charge in [0.1, 0.15) is 0 Å². The largest absolute Gasteiger partial charge is 0.391 e. The van der Waals surface area contributed by atoms with Gasteiger partial charge < -0.3 is 0 Å². The van der Waals surface area contributed by atoms with E-state index in [0.717, 1.165) is 0 Å². The molecule has 1 saturated carbocycles. The smallest absolute Gasteiger partial charge is 0.243 e. The Labute approximate surface area is 103 Å². The Bertz CT molecular complexity index is 389. The SMILES string of the molecule is FC(F)(F)C1CC(c2nnn[nH]2)CC(C(F)(F)F)C1. The molecule has 2 rings (SSSR count). The summed E-state index contributed by atoms with van der Waals surface area (Å²) in [5.74, 6) is -4.95. The van der Waals surface area contributed by atoms with E-state index in [0.29, 0.717) is 0 Å². The number of aromatic amines is 1. The van der Waals surface area contributed by atoms with Crippen molar-refractivity contribution in [2.75, 3.05) is 0 Å². The number of nitrogens with one attached hydrogen (secondary N) is 1. The third kappa shape index (κ3) is 3.16. The van der Waals surface area contributed by atoms with Gasteiger partial charge in [-0.2, -0.15) is 26.3 Å². The highest BCUT2D eigenvalue weighted by Gasteiger charge is 2.52. The molecule has 0 bridgehead atoms. The van der Waals surface area contributed by atoms with Crippen LogP contribution in [-0.4, -0.2) is 33.0 Å². The Morgan fingerprint density at radius 1 is 0.895 bits per heavy atom. The zero-order valence-corrected chi connectivity index (χ0v) is 9.46. The van der Waals surface area contributed by atoms with Crippen LogP contribution in [0.1, 0.15) is 31.0 Å². The van der Waals surface area contributed by atoms with Crippen LogP contribution in [-0.2, 0) is 0 Å². The van der Waals surface area contributed by atoms with E-state index in [2.05, 4.69) is 20.6 Å². The molecule has 1 aromatic rings. The van der Waals surface area contributed by atoms with Gasteiger partial charge in [0.05, 0.1) is 11.8 Å². The Morgan fingerprint density at radius 3 is 1.79 bits per heavy atom. The van der Waals surface area contributed by atoms with Crippen molar-refractivity contribution in [1.29, 1.82) is 0 Å². The number of H-pyrrole nitrogens is 1. The van der Waals surface area contributed by atoms with E-state index in [1.807, 2.05) is 0 Å². The number of nitrogens with zero attached hydrogens (tertiary/aromatic N) is 3. The zero-order chi connectivity index (χ0) is 14.3. The number of halogens is 6. The highest BCUT2D eigenvalue weighted by atomic mass is 19.4. The van der Waals surface area contributed by atoms with Crippen LogP contribution < -0.4 is 0 Å². The quantitative estimate of drug-likeness (QED) is 0.808. The maximum atomic E-state index is 12.7. The van der Waals surface area contributed by atoms with Crippen molar-refractivity contribution in [1.82, 2.24) is 20.6 Å². The predicted octanol–water partition coefficient (Wildman–Crippen LogP) is 2.82. The average molecular weight is 288 g/mol. The molecule has 1 aliphatic rings. The van der Waals surface area contributed by atoms with Crippen molar-refractivity contribution in [3.63, 3.8) is 0 Å². The Hall–Kier alpha value is -1.35. The molecule has 4 nitrogen and oxygen atoms in total. The van der Waals surface area contributed by atoms with E-state index in [4.69, 9.17) is 0 Å². The van der Waals surface area contributed by atoms with Crippen LogP contribution in [0.3, 0.4) is 0 Å². The molecule has 1 aliphatic carbocycles. The topological polar surface area (TPSA) is 54.5 Å². The van der Waals surface area contributed by atoms with Gasteiger partial charge >= 0.3 is 12.4 Å². The molecule has 1 aromatic heterocycles. The molecular weight excluding hydrogens is 278 g/mol. The molecule has 0 amide bonds. The number of tetrazole rings is 1. The second kappa shape index (κ2) is 4.64. The van der Waals surface area contributed by atoms with Crippen molar-refractivity contribution in [2.45, 2.75) is 37.5 Å². The summed E-state index contributed by atoms with van der Waals surface area (Å²) in [5, 5.41) is 12.0. The minimum Gasteiger partial charge on any atom is -0.243 e. The van der Waals surface area contributed by atoms with E-state index in [9.17, 15) is 26.3 Å². The van der Waals surface area contributed by atoms with Crippen molar-refractivity contribution in [2.24, 2.45) is 11.8 Å². The second-order valence-electron chi connectivity index (χ2n) is 4.67. The molecule has 2 atom stereocenters. The predicted molar refractivity (Wildman–Crippen MR) is 49.9 cm³/mol. The van der Waals surface area contributed by atoms with Gasteiger partial charge in [-0.3, -0.25) is 0 Å². The van der Waals surface area contributed by atoms with Crippen molar-refractivity contribution >= 4 is 0 Å². The van der Waals surface area contributed by atoms with E-state index in [1.165, 1.54) is 0 Å².